The normalized spacial score (nSPS) is 30.9. The number of rotatable bonds is 0. The van der Waals surface area contributed by atoms with Gasteiger partial charge in [-0.15, -0.1) is 0 Å². The van der Waals surface area contributed by atoms with E-state index < -0.39 is 0 Å². The molecule has 0 heterocycles. The minimum Gasteiger partial charge on any atom is -0.393 e. The Bertz CT molecular complexity index is 140. The molecule has 0 aromatic heterocycles. The summed E-state index contributed by atoms with van der Waals surface area (Å²) in [6.07, 6.45) is 11.8. The molecule has 2 aliphatic carbocycles. The summed E-state index contributed by atoms with van der Waals surface area (Å²) < 4.78 is 0. The molecule has 2 rings (SSSR count). The van der Waals surface area contributed by atoms with Crippen LogP contribution in [-0.4, -0.2) is 11.2 Å². The number of hydrogen-bond donors (Lipinski definition) is 1. The molecule has 16 heavy (non-hydrogen) atoms. The molecule has 0 bridgehead atoms. The Morgan fingerprint density at radius 2 is 1.06 bits per heavy atom. The van der Waals surface area contributed by atoms with Crippen molar-refractivity contribution in [2.45, 2.75) is 85.2 Å². The van der Waals surface area contributed by atoms with Crippen LogP contribution in [-0.2, 0) is 0 Å². The number of aliphatic hydroxyl groups excluding tert-OH is 1. The highest BCUT2D eigenvalue weighted by molar-refractivity contribution is 4.67. The maximum Gasteiger partial charge on any atom is 0.0540 e. The van der Waals surface area contributed by atoms with Gasteiger partial charge in [0.05, 0.1) is 6.10 Å². The molecule has 1 N–H and O–H groups in total. The third kappa shape index (κ3) is 6.52. The Balaban J connectivity index is 0.000000267. The first-order valence-electron chi connectivity index (χ1n) is 6.88. The summed E-state index contributed by atoms with van der Waals surface area (Å²) in [6.45, 7) is 4.76. The van der Waals surface area contributed by atoms with Crippen LogP contribution in [0.5, 0.6) is 0 Å². The van der Waals surface area contributed by atoms with Gasteiger partial charge in [0.25, 0.3) is 0 Å². The molecule has 2 aliphatic rings. The SMILES string of the molecule is C.CC1CCCCC1C.OC1CCCCC1. The van der Waals surface area contributed by atoms with Crippen LogP contribution in [0.2, 0.25) is 0 Å². The van der Waals surface area contributed by atoms with Gasteiger partial charge in [0, 0.05) is 0 Å². The van der Waals surface area contributed by atoms with E-state index in [1.165, 1.54) is 44.9 Å². The highest BCUT2D eigenvalue weighted by Crippen LogP contribution is 2.28. The van der Waals surface area contributed by atoms with Gasteiger partial charge in [-0.1, -0.05) is 66.2 Å². The van der Waals surface area contributed by atoms with Crippen LogP contribution in [0, 0.1) is 11.8 Å². The zero-order valence-electron chi connectivity index (χ0n) is 10.5. The summed E-state index contributed by atoms with van der Waals surface area (Å²) in [5, 5.41) is 8.91. The average Bonchev–Trinajstić information content (AvgIpc) is 2.25. The molecule has 0 saturated heterocycles. The molecule has 98 valence electrons. The second-order valence-corrected chi connectivity index (χ2v) is 5.53. The van der Waals surface area contributed by atoms with Gasteiger partial charge < -0.3 is 5.11 Å². The lowest BCUT2D eigenvalue weighted by atomic mass is 9.82. The Morgan fingerprint density at radius 3 is 1.31 bits per heavy atom. The van der Waals surface area contributed by atoms with Gasteiger partial charge >= 0.3 is 0 Å². The Kier molecular flexibility index (Phi) is 9.02. The lowest BCUT2D eigenvalue weighted by Crippen LogP contribution is -2.12. The summed E-state index contributed by atoms with van der Waals surface area (Å²) in [5.74, 6) is 2.01. The molecule has 0 amide bonds. The molecule has 0 spiro atoms. The predicted molar refractivity (Wildman–Crippen MR) is 72.6 cm³/mol. The summed E-state index contributed by atoms with van der Waals surface area (Å²) in [5.41, 5.74) is 0. The van der Waals surface area contributed by atoms with Crippen molar-refractivity contribution in [3.8, 4) is 0 Å². The van der Waals surface area contributed by atoms with Gasteiger partial charge in [-0.2, -0.15) is 0 Å². The number of hydrogen-bond acceptors (Lipinski definition) is 1. The lowest BCUT2D eigenvalue weighted by Gasteiger charge is -2.24. The van der Waals surface area contributed by atoms with E-state index >= 15 is 0 Å². The minimum absolute atomic E-state index is 0. The average molecular weight is 228 g/mol. The van der Waals surface area contributed by atoms with E-state index in [0.717, 1.165) is 24.7 Å². The molecule has 0 aliphatic heterocycles. The van der Waals surface area contributed by atoms with Crippen molar-refractivity contribution < 1.29 is 5.11 Å². The van der Waals surface area contributed by atoms with Crippen LogP contribution < -0.4 is 0 Å². The Hall–Kier alpha value is -0.0400. The molecule has 0 aromatic carbocycles. The second kappa shape index (κ2) is 9.04. The van der Waals surface area contributed by atoms with Gasteiger partial charge in [0.1, 0.15) is 0 Å². The highest BCUT2D eigenvalue weighted by Gasteiger charge is 2.15. The van der Waals surface area contributed by atoms with Crippen molar-refractivity contribution in [1.29, 1.82) is 0 Å². The fourth-order valence-electron chi connectivity index (χ4n) is 2.58. The molecular formula is C15H32O. The van der Waals surface area contributed by atoms with Crippen LogP contribution in [0.1, 0.15) is 79.1 Å². The van der Waals surface area contributed by atoms with Crippen LogP contribution in [0.4, 0.5) is 0 Å². The first-order chi connectivity index (χ1) is 7.20. The van der Waals surface area contributed by atoms with Crippen LogP contribution in [0.25, 0.3) is 0 Å². The zero-order valence-corrected chi connectivity index (χ0v) is 10.5. The smallest absolute Gasteiger partial charge is 0.0540 e. The fraction of sp³-hybridized carbons (Fsp3) is 1.00. The van der Waals surface area contributed by atoms with Crippen molar-refractivity contribution in [2.75, 3.05) is 0 Å². The van der Waals surface area contributed by atoms with Crippen molar-refractivity contribution in [1.82, 2.24) is 0 Å². The quantitative estimate of drug-likeness (QED) is 0.632. The topological polar surface area (TPSA) is 20.2 Å². The third-order valence-corrected chi connectivity index (χ3v) is 4.12. The Morgan fingerprint density at radius 1 is 0.688 bits per heavy atom. The monoisotopic (exact) mass is 228 g/mol. The van der Waals surface area contributed by atoms with Crippen molar-refractivity contribution in [3.05, 3.63) is 0 Å². The van der Waals surface area contributed by atoms with E-state index in [-0.39, 0.29) is 13.5 Å². The van der Waals surface area contributed by atoms with E-state index in [1.807, 2.05) is 0 Å². The van der Waals surface area contributed by atoms with E-state index in [1.54, 1.807) is 0 Å². The highest BCUT2D eigenvalue weighted by atomic mass is 16.3. The van der Waals surface area contributed by atoms with E-state index in [0.29, 0.717) is 0 Å². The molecular weight excluding hydrogens is 196 g/mol. The first-order valence-corrected chi connectivity index (χ1v) is 6.88. The van der Waals surface area contributed by atoms with E-state index in [2.05, 4.69) is 13.8 Å². The summed E-state index contributed by atoms with van der Waals surface area (Å²) >= 11 is 0. The summed E-state index contributed by atoms with van der Waals surface area (Å²) in [6, 6.07) is 0. The van der Waals surface area contributed by atoms with Crippen molar-refractivity contribution >= 4 is 0 Å². The van der Waals surface area contributed by atoms with Gasteiger partial charge in [0.15, 0.2) is 0 Å². The number of aliphatic hydroxyl groups is 1. The molecule has 1 nitrogen and oxygen atoms in total. The second-order valence-electron chi connectivity index (χ2n) is 5.53. The lowest BCUT2D eigenvalue weighted by molar-refractivity contribution is 0.130. The van der Waals surface area contributed by atoms with Crippen molar-refractivity contribution in [3.63, 3.8) is 0 Å². The molecule has 2 unspecified atom stereocenters. The van der Waals surface area contributed by atoms with Crippen molar-refractivity contribution in [2.24, 2.45) is 11.8 Å². The summed E-state index contributed by atoms with van der Waals surface area (Å²) in [7, 11) is 0. The first kappa shape index (κ1) is 16.0. The maximum atomic E-state index is 8.91. The Labute approximate surface area is 103 Å². The largest absolute Gasteiger partial charge is 0.393 e. The molecule has 2 fully saturated rings. The predicted octanol–water partition coefficient (Wildman–Crippen LogP) is 4.78. The maximum absolute atomic E-state index is 8.91. The molecule has 0 aromatic rings. The van der Waals surface area contributed by atoms with Gasteiger partial charge in [0.2, 0.25) is 0 Å². The van der Waals surface area contributed by atoms with E-state index in [4.69, 9.17) is 5.11 Å². The van der Waals surface area contributed by atoms with Crippen LogP contribution in [0.3, 0.4) is 0 Å². The molecule has 2 saturated carbocycles. The van der Waals surface area contributed by atoms with Gasteiger partial charge in [-0.05, 0) is 24.7 Å². The molecule has 2 atom stereocenters. The van der Waals surface area contributed by atoms with Crippen LogP contribution in [0.15, 0.2) is 0 Å². The van der Waals surface area contributed by atoms with Crippen LogP contribution >= 0.6 is 0 Å². The van der Waals surface area contributed by atoms with Gasteiger partial charge in [-0.25, -0.2) is 0 Å². The zero-order chi connectivity index (χ0) is 11.1. The molecule has 1 heteroatoms. The standard InChI is InChI=1S/C8H16.C6H12O.CH4/c1-7-5-3-4-6-8(7)2;7-6-4-2-1-3-5-6;/h7-8H,3-6H2,1-2H3;6-7H,1-5H2;1H4. The fourth-order valence-corrected chi connectivity index (χ4v) is 2.58. The van der Waals surface area contributed by atoms with E-state index in [9.17, 15) is 0 Å². The minimum atomic E-state index is 0. The molecule has 0 radical (unpaired) electrons. The van der Waals surface area contributed by atoms with Gasteiger partial charge in [-0.3, -0.25) is 0 Å². The third-order valence-electron chi connectivity index (χ3n) is 4.12. The summed E-state index contributed by atoms with van der Waals surface area (Å²) in [4.78, 5) is 0.